The Morgan fingerprint density at radius 2 is 2.16 bits per heavy atom. The van der Waals surface area contributed by atoms with Gasteiger partial charge in [-0.05, 0) is 51.0 Å². The number of nitrogens with one attached hydrogen (secondary N) is 2. The van der Waals surface area contributed by atoms with Crippen LogP contribution >= 0.6 is 0 Å². The first kappa shape index (κ1) is 18.0. The Morgan fingerprint density at radius 3 is 2.80 bits per heavy atom. The molecule has 3 rings (SSSR count). The SMILES string of the molecule is CN=C(NCc1ccc(OC2CCCC2)nc1)NCC1(C)CCCO1. The van der Waals surface area contributed by atoms with Gasteiger partial charge in [0.1, 0.15) is 6.10 Å². The molecule has 2 fully saturated rings. The molecule has 138 valence electrons. The van der Waals surface area contributed by atoms with Gasteiger partial charge in [-0.1, -0.05) is 6.07 Å². The third-order valence-corrected chi connectivity index (χ3v) is 5.00. The molecule has 0 radical (unpaired) electrons. The Bertz CT molecular complexity index is 561. The van der Waals surface area contributed by atoms with Gasteiger partial charge in [0.15, 0.2) is 5.96 Å². The van der Waals surface area contributed by atoms with E-state index in [-0.39, 0.29) is 5.60 Å². The van der Waals surface area contributed by atoms with Crippen molar-refractivity contribution < 1.29 is 9.47 Å². The maximum Gasteiger partial charge on any atom is 0.213 e. The molecule has 1 aromatic heterocycles. The minimum Gasteiger partial charge on any atom is -0.474 e. The van der Waals surface area contributed by atoms with Crippen molar-refractivity contribution in [2.45, 2.75) is 63.7 Å². The number of nitrogens with zero attached hydrogens (tertiary/aromatic N) is 2. The molecule has 0 bridgehead atoms. The molecule has 6 nitrogen and oxygen atoms in total. The molecule has 1 aliphatic carbocycles. The number of pyridine rings is 1. The number of rotatable bonds is 6. The van der Waals surface area contributed by atoms with E-state index in [0.717, 1.165) is 56.2 Å². The second-order valence-corrected chi connectivity index (χ2v) is 7.21. The zero-order valence-corrected chi connectivity index (χ0v) is 15.4. The summed E-state index contributed by atoms with van der Waals surface area (Å²) in [5, 5.41) is 6.67. The van der Waals surface area contributed by atoms with Gasteiger partial charge in [-0.3, -0.25) is 4.99 Å². The number of hydrogen-bond acceptors (Lipinski definition) is 4. The minimum atomic E-state index is -0.0849. The van der Waals surface area contributed by atoms with Crippen molar-refractivity contribution in [2.24, 2.45) is 4.99 Å². The number of guanidine groups is 1. The van der Waals surface area contributed by atoms with Gasteiger partial charge >= 0.3 is 0 Å². The highest BCUT2D eigenvalue weighted by Crippen LogP contribution is 2.24. The van der Waals surface area contributed by atoms with Gasteiger partial charge in [-0.2, -0.15) is 0 Å². The molecule has 0 spiro atoms. The minimum absolute atomic E-state index is 0.0849. The van der Waals surface area contributed by atoms with Crippen LogP contribution < -0.4 is 15.4 Å². The predicted molar refractivity (Wildman–Crippen MR) is 98.9 cm³/mol. The van der Waals surface area contributed by atoms with Crippen molar-refractivity contribution >= 4 is 5.96 Å². The monoisotopic (exact) mass is 346 g/mol. The van der Waals surface area contributed by atoms with E-state index in [1.165, 1.54) is 12.8 Å². The normalized spacial score (nSPS) is 24.5. The van der Waals surface area contributed by atoms with E-state index in [0.29, 0.717) is 12.6 Å². The summed E-state index contributed by atoms with van der Waals surface area (Å²) in [6.45, 7) is 4.44. The van der Waals surface area contributed by atoms with Gasteiger partial charge in [0.05, 0.1) is 5.60 Å². The first-order valence-corrected chi connectivity index (χ1v) is 9.37. The number of ether oxygens (including phenoxy) is 2. The van der Waals surface area contributed by atoms with Crippen molar-refractivity contribution in [1.82, 2.24) is 15.6 Å². The van der Waals surface area contributed by atoms with Crippen LogP contribution in [0.15, 0.2) is 23.3 Å². The molecule has 2 N–H and O–H groups in total. The third kappa shape index (κ3) is 5.33. The standard InChI is InChI=1S/C19H30N4O2/c1-19(10-5-11-24-19)14-23-18(20-2)22-13-15-8-9-17(21-12-15)25-16-6-3-4-7-16/h8-9,12,16H,3-7,10-11,13-14H2,1-2H3,(H2,20,22,23). The van der Waals surface area contributed by atoms with Crippen LogP contribution in [0.25, 0.3) is 0 Å². The summed E-state index contributed by atoms with van der Waals surface area (Å²) in [4.78, 5) is 8.70. The van der Waals surface area contributed by atoms with Gasteiger partial charge < -0.3 is 20.1 Å². The molecular formula is C19H30N4O2. The number of aliphatic imine (C=N–C) groups is 1. The zero-order valence-electron chi connectivity index (χ0n) is 15.4. The second kappa shape index (κ2) is 8.52. The molecule has 6 heteroatoms. The summed E-state index contributed by atoms with van der Waals surface area (Å²) in [6, 6.07) is 4.01. The van der Waals surface area contributed by atoms with Crippen LogP contribution in [0.3, 0.4) is 0 Å². The molecule has 2 aliphatic rings. The highest BCUT2D eigenvalue weighted by molar-refractivity contribution is 5.79. The van der Waals surface area contributed by atoms with Crippen LogP contribution in [0.4, 0.5) is 0 Å². The van der Waals surface area contributed by atoms with Crippen LogP contribution in [0, 0.1) is 0 Å². The molecule has 0 aromatic carbocycles. The van der Waals surface area contributed by atoms with Crippen LogP contribution in [-0.2, 0) is 11.3 Å². The highest BCUT2D eigenvalue weighted by Gasteiger charge is 2.29. The fraction of sp³-hybridized carbons (Fsp3) is 0.684. The summed E-state index contributed by atoms with van der Waals surface area (Å²) in [5.74, 6) is 1.51. The molecule has 1 saturated carbocycles. The molecule has 2 heterocycles. The van der Waals surface area contributed by atoms with E-state index in [4.69, 9.17) is 9.47 Å². The maximum absolute atomic E-state index is 5.90. The van der Waals surface area contributed by atoms with Gasteiger partial charge in [0.25, 0.3) is 0 Å². The van der Waals surface area contributed by atoms with Crippen LogP contribution in [0.2, 0.25) is 0 Å². The Morgan fingerprint density at radius 1 is 1.32 bits per heavy atom. The largest absolute Gasteiger partial charge is 0.474 e. The van der Waals surface area contributed by atoms with E-state index >= 15 is 0 Å². The third-order valence-electron chi connectivity index (χ3n) is 5.00. The maximum atomic E-state index is 5.90. The number of aromatic nitrogens is 1. The average Bonchev–Trinajstić information content (AvgIpc) is 3.29. The van der Waals surface area contributed by atoms with E-state index in [2.05, 4.69) is 33.6 Å². The molecular weight excluding hydrogens is 316 g/mol. The molecule has 1 aliphatic heterocycles. The Labute approximate surface area is 150 Å². The van der Waals surface area contributed by atoms with Crippen LogP contribution in [-0.4, -0.2) is 42.8 Å². The fourth-order valence-corrected chi connectivity index (χ4v) is 3.42. The second-order valence-electron chi connectivity index (χ2n) is 7.21. The van der Waals surface area contributed by atoms with Crippen LogP contribution in [0.1, 0.15) is 51.0 Å². The molecule has 1 unspecified atom stereocenters. The van der Waals surface area contributed by atoms with Gasteiger partial charge in [-0.25, -0.2) is 4.98 Å². The summed E-state index contributed by atoms with van der Waals surface area (Å²) < 4.78 is 11.7. The lowest BCUT2D eigenvalue weighted by atomic mass is 10.0. The Kier molecular flexibility index (Phi) is 6.13. The van der Waals surface area contributed by atoms with Crippen molar-refractivity contribution in [1.29, 1.82) is 0 Å². The zero-order chi connectivity index (χ0) is 17.5. The first-order valence-electron chi connectivity index (χ1n) is 9.37. The van der Waals surface area contributed by atoms with E-state index in [1.54, 1.807) is 7.05 Å². The van der Waals surface area contributed by atoms with Crippen molar-refractivity contribution in [3.8, 4) is 5.88 Å². The summed E-state index contributed by atoms with van der Waals surface area (Å²) >= 11 is 0. The lowest BCUT2D eigenvalue weighted by molar-refractivity contribution is 0.0243. The smallest absolute Gasteiger partial charge is 0.213 e. The quantitative estimate of drug-likeness (QED) is 0.612. The van der Waals surface area contributed by atoms with Crippen molar-refractivity contribution in [2.75, 3.05) is 20.2 Å². The molecule has 1 saturated heterocycles. The summed E-state index contributed by atoms with van der Waals surface area (Å²) in [7, 11) is 1.78. The topological polar surface area (TPSA) is 67.8 Å². The molecule has 1 atom stereocenters. The molecule has 25 heavy (non-hydrogen) atoms. The predicted octanol–water partition coefficient (Wildman–Crippen LogP) is 2.64. The van der Waals surface area contributed by atoms with Gasteiger partial charge in [0, 0.05) is 39.0 Å². The van der Waals surface area contributed by atoms with Crippen molar-refractivity contribution in [3.05, 3.63) is 23.9 Å². The van der Waals surface area contributed by atoms with Crippen LogP contribution in [0.5, 0.6) is 5.88 Å². The highest BCUT2D eigenvalue weighted by atomic mass is 16.5. The number of hydrogen-bond donors (Lipinski definition) is 2. The first-order chi connectivity index (χ1) is 12.2. The summed E-state index contributed by atoms with van der Waals surface area (Å²) in [6.07, 6.45) is 9.26. The fourth-order valence-electron chi connectivity index (χ4n) is 3.42. The van der Waals surface area contributed by atoms with E-state index in [1.807, 2.05) is 12.3 Å². The van der Waals surface area contributed by atoms with E-state index in [9.17, 15) is 0 Å². The van der Waals surface area contributed by atoms with E-state index < -0.39 is 0 Å². The summed E-state index contributed by atoms with van der Waals surface area (Å²) in [5.41, 5.74) is 1.02. The lowest BCUT2D eigenvalue weighted by Gasteiger charge is -2.24. The van der Waals surface area contributed by atoms with Gasteiger partial charge in [0.2, 0.25) is 5.88 Å². The lowest BCUT2D eigenvalue weighted by Crippen LogP contribution is -2.45. The molecule has 0 amide bonds. The molecule has 1 aromatic rings. The van der Waals surface area contributed by atoms with Gasteiger partial charge in [-0.15, -0.1) is 0 Å². The Hall–Kier alpha value is -1.82. The van der Waals surface area contributed by atoms with Crippen molar-refractivity contribution in [3.63, 3.8) is 0 Å². The Balaban J connectivity index is 1.43. The average molecular weight is 346 g/mol.